The first-order valence-corrected chi connectivity index (χ1v) is 7.24. The summed E-state index contributed by atoms with van der Waals surface area (Å²) in [6, 6.07) is 5.96. The molecule has 0 radical (unpaired) electrons. The van der Waals surface area contributed by atoms with Crippen LogP contribution >= 0.6 is 11.3 Å². The molecule has 0 spiro atoms. The third-order valence-electron chi connectivity index (χ3n) is 2.63. The molecular weight excluding hydrogens is 272 g/mol. The number of hydrogen-bond donors (Lipinski definition) is 0. The summed E-state index contributed by atoms with van der Waals surface area (Å²) in [4.78, 5) is 11.8. The van der Waals surface area contributed by atoms with Crippen molar-refractivity contribution in [3.63, 3.8) is 0 Å². The van der Waals surface area contributed by atoms with Crippen LogP contribution in [0.25, 0.3) is 16.2 Å². The maximum absolute atomic E-state index is 11.8. The van der Waals surface area contributed by atoms with Gasteiger partial charge in [0.25, 0.3) is 0 Å². The standard InChI is InChI=1S/C16H18O3S/c1-16(2,3)19-14(17)8-6-12-13(18-4)7-5-11-9-10-20-15(11)12/h5-10H,1-4H3/b8-6+. The van der Waals surface area contributed by atoms with E-state index in [4.69, 9.17) is 9.47 Å². The quantitative estimate of drug-likeness (QED) is 0.625. The van der Waals surface area contributed by atoms with E-state index in [1.54, 1.807) is 24.5 Å². The van der Waals surface area contributed by atoms with Crippen LogP contribution in [0.1, 0.15) is 26.3 Å². The first kappa shape index (κ1) is 14.6. The fourth-order valence-corrected chi connectivity index (χ4v) is 2.78. The van der Waals surface area contributed by atoms with Gasteiger partial charge in [-0.3, -0.25) is 0 Å². The van der Waals surface area contributed by atoms with Crippen molar-refractivity contribution in [3.05, 3.63) is 35.2 Å². The second-order valence-electron chi connectivity index (χ2n) is 5.39. The lowest BCUT2D eigenvalue weighted by Gasteiger charge is -2.18. The van der Waals surface area contributed by atoms with E-state index in [1.165, 1.54) is 6.08 Å². The largest absolute Gasteiger partial charge is 0.496 e. The van der Waals surface area contributed by atoms with Crippen molar-refractivity contribution in [1.82, 2.24) is 0 Å². The number of fused-ring (bicyclic) bond motifs is 1. The summed E-state index contributed by atoms with van der Waals surface area (Å²) in [5.74, 6) is 0.396. The van der Waals surface area contributed by atoms with Gasteiger partial charge in [-0.25, -0.2) is 4.79 Å². The van der Waals surface area contributed by atoms with Crippen LogP contribution < -0.4 is 4.74 Å². The Bertz CT molecular complexity index is 647. The van der Waals surface area contributed by atoms with Crippen LogP contribution in [0.15, 0.2) is 29.7 Å². The third kappa shape index (κ3) is 3.39. The van der Waals surface area contributed by atoms with Crippen LogP contribution in [0.3, 0.4) is 0 Å². The Labute approximate surface area is 122 Å². The van der Waals surface area contributed by atoms with Gasteiger partial charge in [0, 0.05) is 16.3 Å². The number of benzene rings is 1. The van der Waals surface area contributed by atoms with E-state index in [-0.39, 0.29) is 5.97 Å². The number of methoxy groups -OCH3 is 1. The van der Waals surface area contributed by atoms with E-state index >= 15 is 0 Å². The molecule has 0 atom stereocenters. The lowest BCUT2D eigenvalue weighted by Crippen LogP contribution is -2.22. The van der Waals surface area contributed by atoms with Crippen molar-refractivity contribution in [2.75, 3.05) is 7.11 Å². The van der Waals surface area contributed by atoms with E-state index in [1.807, 2.05) is 44.4 Å². The molecule has 106 valence electrons. The Kier molecular flexibility index (Phi) is 4.14. The summed E-state index contributed by atoms with van der Waals surface area (Å²) in [5, 5.41) is 3.16. The predicted octanol–water partition coefficient (Wildman–Crippen LogP) is 4.26. The first-order valence-electron chi connectivity index (χ1n) is 6.36. The molecule has 0 bridgehead atoms. The molecule has 3 nitrogen and oxygen atoms in total. The maximum atomic E-state index is 11.8. The minimum atomic E-state index is -0.486. The van der Waals surface area contributed by atoms with Gasteiger partial charge in [-0.15, -0.1) is 11.3 Å². The Balaban J connectivity index is 2.32. The molecule has 0 fully saturated rings. The van der Waals surface area contributed by atoms with Crippen LogP contribution in [-0.2, 0) is 9.53 Å². The molecule has 0 aliphatic carbocycles. The average molecular weight is 290 g/mol. The van der Waals surface area contributed by atoms with Crippen molar-refractivity contribution < 1.29 is 14.3 Å². The number of rotatable bonds is 3. The summed E-state index contributed by atoms with van der Waals surface area (Å²) in [5.41, 5.74) is 0.423. The van der Waals surface area contributed by atoms with Gasteiger partial charge < -0.3 is 9.47 Å². The molecule has 1 aromatic heterocycles. The number of hydrogen-bond acceptors (Lipinski definition) is 4. The summed E-state index contributed by atoms with van der Waals surface area (Å²) in [6.45, 7) is 5.54. The zero-order chi connectivity index (χ0) is 14.8. The van der Waals surface area contributed by atoms with Gasteiger partial charge >= 0.3 is 5.97 Å². The third-order valence-corrected chi connectivity index (χ3v) is 3.60. The van der Waals surface area contributed by atoms with Gasteiger partial charge in [0.2, 0.25) is 0 Å². The number of esters is 1. The lowest BCUT2D eigenvalue weighted by atomic mass is 10.1. The van der Waals surface area contributed by atoms with Crippen LogP contribution in [0, 0.1) is 0 Å². The molecule has 2 aromatic rings. The number of thiophene rings is 1. The van der Waals surface area contributed by atoms with E-state index in [0.29, 0.717) is 0 Å². The van der Waals surface area contributed by atoms with Crippen LogP contribution in [-0.4, -0.2) is 18.7 Å². The summed E-state index contributed by atoms with van der Waals surface area (Å²) in [6.07, 6.45) is 3.20. The molecule has 0 aliphatic heterocycles. The van der Waals surface area contributed by atoms with Crippen LogP contribution in [0.5, 0.6) is 5.75 Å². The fraction of sp³-hybridized carbons (Fsp3) is 0.312. The Morgan fingerprint density at radius 3 is 2.65 bits per heavy atom. The molecule has 4 heteroatoms. The van der Waals surface area contributed by atoms with E-state index in [9.17, 15) is 4.79 Å². The number of ether oxygens (including phenoxy) is 2. The van der Waals surface area contributed by atoms with E-state index < -0.39 is 5.60 Å². The smallest absolute Gasteiger partial charge is 0.331 e. The van der Waals surface area contributed by atoms with Crippen molar-refractivity contribution in [1.29, 1.82) is 0 Å². The lowest BCUT2D eigenvalue weighted by molar-refractivity contribution is -0.148. The normalized spacial score (nSPS) is 12.0. The molecule has 1 aromatic carbocycles. The summed E-state index contributed by atoms with van der Waals surface area (Å²) in [7, 11) is 1.62. The molecule has 0 saturated carbocycles. The van der Waals surface area contributed by atoms with Crippen molar-refractivity contribution in [3.8, 4) is 5.75 Å². The van der Waals surface area contributed by atoms with E-state index in [0.717, 1.165) is 21.4 Å². The van der Waals surface area contributed by atoms with Gasteiger partial charge in [0.15, 0.2) is 0 Å². The molecule has 20 heavy (non-hydrogen) atoms. The molecule has 2 rings (SSSR count). The summed E-state index contributed by atoms with van der Waals surface area (Å²) < 4.78 is 11.7. The predicted molar refractivity (Wildman–Crippen MR) is 83.3 cm³/mol. The highest BCUT2D eigenvalue weighted by atomic mass is 32.1. The van der Waals surface area contributed by atoms with E-state index in [2.05, 4.69) is 0 Å². The van der Waals surface area contributed by atoms with Gasteiger partial charge in [-0.2, -0.15) is 0 Å². The molecule has 0 amide bonds. The first-order chi connectivity index (χ1) is 9.40. The Hall–Kier alpha value is -1.81. The summed E-state index contributed by atoms with van der Waals surface area (Å²) >= 11 is 1.62. The second kappa shape index (κ2) is 5.67. The monoisotopic (exact) mass is 290 g/mol. The Morgan fingerprint density at radius 2 is 2.00 bits per heavy atom. The zero-order valence-corrected chi connectivity index (χ0v) is 12.9. The SMILES string of the molecule is COc1ccc2ccsc2c1/C=C/C(=O)OC(C)(C)C. The number of carbonyl (C=O) groups is 1. The molecule has 1 heterocycles. The van der Waals surface area contributed by atoms with Crippen molar-refractivity contribution in [2.45, 2.75) is 26.4 Å². The molecule has 0 unspecified atom stereocenters. The van der Waals surface area contributed by atoms with Gasteiger partial charge in [-0.05, 0) is 55.8 Å². The molecular formula is C16H18O3S. The van der Waals surface area contributed by atoms with Gasteiger partial charge in [0.05, 0.1) is 7.11 Å². The molecule has 0 aliphatic rings. The highest BCUT2D eigenvalue weighted by Gasteiger charge is 2.14. The van der Waals surface area contributed by atoms with Gasteiger partial charge in [-0.1, -0.05) is 0 Å². The fourth-order valence-electron chi connectivity index (χ4n) is 1.86. The van der Waals surface area contributed by atoms with Crippen molar-refractivity contribution in [2.24, 2.45) is 0 Å². The Morgan fingerprint density at radius 1 is 1.25 bits per heavy atom. The molecule has 0 N–H and O–H groups in total. The number of carbonyl (C=O) groups excluding carboxylic acids is 1. The zero-order valence-electron chi connectivity index (χ0n) is 12.1. The van der Waals surface area contributed by atoms with Crippen LogP contribution in [0.2, 0.25) is 0 Å². The average Bonchev–Trinajstić information content (AvgIpc) is 2.81. The minimum Gasteiger partial charge on any atom is -0.496 e. The highest BCUT2D eigenvalue weighted by molar-refractivity contribution is 7.17. The van der Waals surface area contributed by atoms with Gasteiger partial charge in [0.1, 0.15) is 11.4 Å². The minimum absolute atomic E-state index is 0.354. The van der Waals surface area contributed by atoms with Crippen LogP contribution in [0.4, 0.5) is 0 Å². The second-order valence-corrected chi connectivity index (χ2v) is 6.30. The topological polar surface area (TPSA) is 35.5 Å². The van der Waals surface area contributed by atoms with Crippen molar-refractivity contribution >= 4 is 33.5 Å². The maximum Gasteiger partial charge on any atom is 0.331 e. The molecule has 0 saturated heterocycles. The highest BCUT2D eigenvalue weighted by Crippen LogP contribution is 2.32.